The number of hydrogen-bond acceptors (Lipinski definition) is 3. The summed E-state index contributed by atoms with van der Waals surface area (Å²) in [4.78, 5) is 13.3. The molecule has 2 amide bonds. The van der Waals surface area contributed by atoms with Crippen LogP contribution in [0.1, 0.15) is 18.6 Å². The molecule has 5 nitrogen and oxygen atoms in total. The average Bonchev–Trinajstić information content (AvgIpc) is 2.42. The summed E-state index contributed by atoms with van der Waals surface area (Å²) in [6.45, 7) is 2.09. The molecule has 0 saturated heterocycles. The van der Waals surface area contributed by atoms with Crippen molar-refractivity contribution in [2.75, 3.05) is 27.3 Å². The quantitative estimate of drug-likeness (QED) is 0.845. The summed E-state index contributed by atoms with van der Waals surface area (Å²) in [6.07, 6.45) is -0.265. The summed E-state index contributed by atoms with van der Waals surface area (Å²) in [5.74, 6) is 0. The lowest BCUT2D eigenvalue weighted by Crippen LogP contribution is -2.45. The molecule has 0 heterocycles. The molecule has 0 aromatic heterocycles. The van der Waals surface area contributed by atoms with Crippen molar-refractivity contribution >= 4 is 17.6 Å². The van der Waals surface area contributed by atoms with Gasteiger partial charge in [0.05, 0.1) is 12.6 Å². The first-order valence-corrected chi connectivity index (χ1v) is 6.78. The number of nitrogens with zero attached hydrogens (tertiary/aromatic N) is 1. The van der Waals surface area contributed by atoms with Crippen molar-refractivity contribution in [3.05, 3.63) is 34.9 Å². The molecule has 0 aliphatic heterocycles. The molecule has 2 N–H and O–H groups in total. The number of urea groups is 1. The number of nitrogens with one attached hydrogen (secondary N) is 1. The Morgan fingerprint density at radius 3 is 2.55 bits per heavy atom. The predicted octanol–water partition coefficient (Wildman–Crippen LogP) is 2.05. The van der Waals surface area contributed by atoms with Crippen molar-refractivity contribution in [3.8, 4) is 0 Å². The van der Waals surface area contributed by atoms with Crippen molar-refractivity contribution < 1.29 is 14.6 Å². The van der Waals surface area contributed by atoms with Gasteiger partial charge in [0.25, 0.3) is 0 Å². The van der Waals surface area contributed by atoms with Gasteiger partial charge in [0.15, 0.2) is 0 Å². The van der Waals surface area contributed by atoms with E-state index in [4.69, 9.17) is 21.4 Å². The van der Waals surface area contributed by atoms with Crippen LogP contribution in [0.2, 0.25) is 5.02 Å². The van der Waals surface area contributed by atoms with Crippen LogP contribution in [0.5, 0.6) is 0 Å². The average molecular weight is 301 g/mol. The highest BCUT2D eigenvalue weighted by atomic mass is 35.5. The van der Waals surface area contributed by atoms with Gasteiger partial charge in [-0.2, -0.15) is 0 Å². The number of carbonyl (C=O) groups is 1. The largest absolute Gasteiger partial charge is 0.395 e. The number of amides is 2. The molecule has 0 radical (unpaired) electrons. The molecule has 0 fully saturated rings. The highest BCUT2D eigenvalue weighted by molar-refractivity contribution is 6.30. The third-order valence-corrected chi connectivity index (χ3v) is 3.29. The van der Waals surface area contributed by atoms with Crippen molar-refractivity contribution in [1.82, 2.24) is 10.2 Å². The maximum absolute atomic E-state index is 11.9. The van der Waals surface area contributed by atoms with Crippen LogP contribution in [0.25, 0.3) is 0 Å². The first-order valence-electron chi connectivity index (χ1n) is 6.40. The second kappa shape index (κ2) is 8.09. The number of methoxy groups -OCH3 is 1. The normalized spacial score (nSPS) is 13.7. The Morgan fingerprint density at radius 1 is 1.45 bits per heavy atom. The van der Waals surface area contributed by atoms with E-state index in [1.165, 1.54) is 4.90 Å². The van der Waals surface area contributed by atoms with Gasteiger partial charge in [0.1, 0.15) is 6.10 Å². The van der Waals surface area contributed by atoms with Crippen LogP contribution in [-0.2, 0) is 4.74 Å². The SMILES string of the molecule is COC(c1ccc(Cl)cc1)C(C)NC(=O)N(C)CCO. The van der Waals surface area contributed by atoms with Gasteiger partial charge in [0.2, 0.25) is 0 Å². The van der Waals surface area contributed by atoms with Gasteiger partial charge in [-0.05, 0) is 24.6 Å². The molecule has 0 aliphatic carbocycles. The van der Waals surface area contributed by atoms with E-state index in [2.05, 4.69) is 5.32 Å². The Bertz CT molecular complexity index is 425. The molecule has 112 valence electrons. The number of carbonyl (C=O) groups excluding carboxylic acids is 1. The highest BCUT2D eigenvalue weighted by Crippen LogP contribution is 2.22. The van der Waals surface area contributed by atoms with Gasteiger partial charge < -0.3 is 20.1 Å². The minimum Gasteiger partial charge on any atom is -0.395 e. The van der Waals surface area contributed by atoms with Crippen LogP contribution < -0.4 is 5.32 Å². The standard InChI is InChI=1S/C14H21ClN2O3/c1-10(16-14(19)17(2)8-9-18)13(20-3)11-4-6-12(15)7-5-11/h4-7,10,13,18H,8-9H2,1-3H3,(H,16,19). The molecular formula is C14H21ClN2O3. The Hall–Kier alpha value is -1.30. The van der Waals surface area contributed by atoms with E-state index in [1.807, 2.05) is 19.1 Å². The first-order chi connectivity index (χ1) is 9.49. The lowest BCUT2D eigenvalue weighted by atomic mass is 10.0. The summed E-state index contributed by atoms with van der Waals surface area (Å²) in [5, 5.41) is 12.3. The topological polar surface area (TPSA) is 61.8 Å². The number of rotatable bonds is 6. The third kappa shape index (κ3) is 4.67. The maximum atomic E-state index is 11.9. The van der Waals surface area contributed by atoms with Gasteiger partial charge in [0, 0.05) is 25.7 Å². The molecule has 20 heavy (non-hydrogen) atoms. The van der Waals surface area contributed by atoms with Gasteiger partial charge in [-0.25, -0.2) is 4.79 Å². The van der Waals surface area contributed by atoms with Crippen molar-refractivity contribution in [2.45, 2.75) is 19.1 Å². The lowest BCUT2D eigenvalue weighted by molar-refractivity contribution is 0.0738. The minimum atomic E-state index is -0.265. The summed E-state index contributed by atoms with van der Waals surface area (Å²) in [6, 6.07) is 6.86. The maximum Gasteiger partial charge on any atom is 0.317 e. The molecule has 0 aliphatic rings. The first kappa shape index (κ1) is 16.8. The second-order valence-electron chi connectivity index (χ2n) is 4.59. The second-order valence-corrected chi connectivity index (χ2v) is 5.03. The van der Waals surface area contributed by atoms with Gasteiger partial charge in [-0.1, -0.05) is 23.7 Å². The van der Waals surface area contributed by atoms with E-state index in [1.54, 1.807) is 26.3 Å². The molecule has 0 saturated carbocycles. The zero-order valence-corrected chi connectivity index (χ0v) is 12.7. The van der Waals surface area contributed by atoms with E-state index in [9.17, 15) is 4.79 Å². The van der Waals surface area contributed by atoms with E-state index in [-0.39, 0.29) is 31.3 Å². The van der Waals surface area contributed by atoms with Crippen molar-refractivity contribution in [2.24, 2.45) is 0 Å². The van der Waals surface area contributed by atoms with E-state index in [0.29, 0.717) is 5.02 Å². The number of aliphatic hydroxyl groups excluding tert-OH is 1. The number of benzene rings is 1. The van der Waals surface area contributed by atoms with Gasteiger partial charge in [-0.15, -0.1) is 0 Å². The number of likely N-dealkylation sites (N-methyl/N-ethyl adjacent to an activating group) is 1. The molecule has 1 rings (SSSR count). The monoisotopic (exact) mass is 300 g/mol. The van der Waals surface area contributed by atoms with Crippen LogP contribution in [-0.4, -0.2) is 49.4 Å². The molecule has 0 spiro atoms. The molecule has 1 aromatic rings. The zero-order chi connectivity index (χ0) is 15.1. The van der Waals surface area contributed by atoms with Gasteiger partial charge >= 0.3 is 6.03 Å². The Labute approximate surface area is 124 Å². The van der Waals surface area contributed by atoms with Crippen molar-refractivity contribution in [1.29, 1.82) is 0 Å². The Kier molecular flexibility index (Phi) is 6.78. The lowest BCUT2D eigenvalue weighted by Gasteiger charge is -2.26. The molecule has 2 unspecified atom stereocenters. The Morgan fingerprint density at radius 2 is 2.05 bits per heavy atom. The number of halogens is 1. The Balaban J connectivity index is 2.70. The van der Waals surface area contributed by atoms with Gasteiger partial charge in [-0.3, -0.25) is 0 Å². The van der Waals surface area contributed by atoms with Crippen LogP contribution in [0.3, 0.4) is 0 Å². The smallest absolute Gasteiger partial charge is 0.317 e. The van der Waals surface area contributed by atoms with Crippen LogP contribution in [0.4, 0.5) is 4.79 Å². The fraction of sp³-hybridized carbons (Fsp3) is 0.500. The number of aliphatic hydroxyl groups is 1. The summed E-state index contributed by atoms with van der Waals surface area (Å²) < 4.78 is 5.45. The fourth-order valence-electron chi connectivity index (χ4n) is 1.91. The van der Waals surface area contributed by atoms with Crippen molar-refractivity contribution in [3.63, 3.8) is 0 Å². The minimum absolute atomic E-state index is 0.0663. The molecule has 0 bridgehead atoms. The molecule has 6 heteroatoms. The predicted molar refractivity (Wildman–Crippen MR) is 78.9 cm³/mol. The number of ether oxygens (including phenoxy) is 1. The molecular weight excluding hydrogens is 280 g/mol. The summed E-state index contributed by atoms with van der Waals surface area (Å²) in [7, 11) is 3.22. The summed E-state index contributed by atoms with van der Waals surface area (Å²) in [5.41, 5.74) is 0.939. The van der Waals surface area contributed by atoms with Crippen LogP contribution in [0.15, 0.2) is 24.3 Å². The molecule has 1 aromatic carbocycles. The summed E-state index contributed by atoms with van der Waals surface area (Å²) >= 11 is 5.86. The van der Waals surface area contributed by atoms with Crippen LogP contribution in [0, 0.1) is 0 Å². The van der Waals surface area contributed by atoms with Crippen LogP contribution >= 0.6 is 11.6 Å². The third-order valence-electron chi connectivity index (χ3n) is 3.04. The van der Waals surface area contributed by atoms with E-state index in [0.717, 1.165) is 5.56 Å². The molecule has 2 atom stereocenters. The highest BCUT2D eigenvalue weighted by Gasteiger charge is 2.21. The number of hydrogen-bond donors (Lipinski definition) is 2. The van der Waals surface area contributed by atoms with E-state index < -0.39 is 0 Å². The van der Waals surface area contributed by atoms with E-state index >= 15 is 0 Å². The fourth-order valence-corrected chi connectivity index (χ4v) is 2.04. The zero-order valence-electron chi connectivity index (χ0n) is 12.0.